The quantitative estimate of drug-likeness (QED) is 0.360. The highest BCUT2D eigenvalue weighted by Gasteiger charge is 2.44. The Morgan fingerprint density at radius 2 is 2.06 bits per heavy atom. The molecule has 2 fully saturated rings. The molecular formula is C24H27N3O5. The Balaban J connectivity index is 1.65. The number of aromatic nitrogens is 1. The summed E-state index contributed by atoms with van der Waals surface area (Å²) in [6, 6.07) is 9.41. The molecule has 168 valence electrons. The fourth-order valence-corrected chi connectivity index (χ4v) is 4.31. The highest BCUT2D eigenvalue weighted by Crippen LogP contribution is 2.38. The Morgan fingerprint density at radius 1 is 1.25 bits per heavy atom. The van der Waals surface area contributed by atoms with Crippen LogP contribution in [-0.2, 0) is 14.3 Å². The number of benzene rings is 1. The van der Waals surface area contributed by atoms with Crippen molar-refractivity contribution < 1.29 is 29.1 Å². The molecule has 0 radical (unpaired) electrons. The molecule has 0 saturated carbocycles. The number of rotatable bonds is 7. The van der Waals surface area contributed by atoms with Crippen LogP contribution >= 0.6 is 0 Å². The van der Waals surface area contributed by atoms with E-state index in [0.717, 1.165) is 39.3 Å². The standard InChI is InChI=1S/C24H27N3O5/c1-31-19-7-2-5-17(15-19)22(28)20-21(18-6-3-8-25-16-18)27(24(30)23(20)29)10-4-9-26-11-13-32-14-12-26/h2-3,5-8,15-16,21,28H,4,9-14H2,1H3. The maximum atomic E-state index is 13.4. The zero-order chi connectivity index (χ0) is 22.5. The van der Waals surface area contributed by atoms with Gasteiger partial charge in [0.15, 0.2) is 0 Å². The highest BCUT2D eigenvalue weighted by molar-refractivity contribution is 6.46. The summed E-state index contributed by atoms with van der Waals surface area (Å²) in [5.41, 5.74) is 0.931. The summed E-state index contributed by atoms with van der Waals surface area (Å²) in [4.78, 5) is 33.1. The predicted octanol–water partition coefficient (Wildman–Crippen LogP) is -0.381. The molecular weight excluding hydrogens is 410 g/mol. The van der Waals surface area contributed by atoms with Gasteiger partial charge in [0, 0.05) is 30.9 Å². The van der Waals surface area contributed by atoms with Crippen molar-refractivity contribution in [2.24, 2.45) is 0 Å². The molecule has 8 heteroatoms. The molecule has 3 heterocycles. The second kappa shape index (κ2) is 9.93. The molecule has 32 heavy (non-hydrogen) atoms. The van der Waals surface area contributed by atoms with Gasteiger partial charge in [-0.2, -0.15) is 0 Å². The maximum absolute atomic E-state index is 13.4. The van der Waals surface area contributed by atoms with Crippen molar-refractivity contribution in [2.45, 2.75) is 12.5 Å². The third-order valence-corrected chi connectivity index (χ3v) is 5.99. The third-order valence-electron chi connectivity index (χ3n) is 5.99. The lowest BCUT2D eigenvalue weighted by Gasteiger charge is -2.28. The zero-order valence-electron chi connectivity index (χ0n) is 18.1. The van der Waals surface area contributed by atoms with Crippen molar-refractivity contribution in [3.05, 3.63) is 65.5 Å². The number of ketones is 1. The van der Waals surface area contributed by atoms with Gasteiger partial charge >= 0.3 is 0 Å². The number of hydrogen-bond donors (Lipinski definition) is 1. The molecule has 0 bridgehead atoms. The molecule has 1 unspecified atom stereocenters. The van der Waals surface area contributed by atoms with Crippen molar-refractivity contribution >= 4 is 17.4 Å². The molecule has 2 aliphatic rings. The Kier molecular flexibility index (Phi) is 6.82. The molecule has 1 aromatic carbocycles. The van der Waals surface area contributed by atoms with Gasteiger partial charge in [0.05, 0.1) is 32.9 Å². The maximum Gasteiger partial charge on any atom is 0.295 e. The number of likely N-dealkylation sites (tertiary alicyclic amines) is 1. The molecule has 2 aromatic rings. The highest BCUT2D eigenvalue weighted by atomic mass is 16.5. The number of nitrogens with one attached hydrogen (secondary N) is 1. The van der Waals surface area contributed by atoms with E-state index >= 15 is 0 Å². The number of carbonyl (C=O) groups excluding carboxylic acids is 2. The third kappa shape index (κ3) is 4.51. The fourth-order valence-electron chi connectivity index (χ4n) is 4.31. The summed E-state index contributed by atoms with van der Waals surface area (Å²) in [6.45, 7) is 4.61. The van der Waals surface area contributed by atoms with E-state index in [1.165, 1.54) is 16.9 Å². The van der Waals surface area contributed by atoms with Gasteiger partial charge < -0.3 is 24.4 Å². The Labute approximate surface area is 187 Å². The lowest BCUT2D eigenvalue weighted by molar-refractivity contribution is -0.908. The lowest BCUT2D eigenvalue weighted by Crippen LogP contribution is -3.14. The number of ether oxygens (including phenoxy) is 2. The largest absolute Gasteiger partial charge is 0.872 e. The molecule has 2 saturated heterocycles. The van der Waals surface area contributed by atoms with E-state index in [0.29, 0.717) is 23.4 Å². The van der Waals surface area contributed by atoms with Gasteiger partial charge in [-0.25, -0.2) is 0 Å². The van der Waals surface area contributed by atoms with Crippen LogP contribution in [0.1, 0.15) is 23.6 Å². The minimum absolute atomic E-state index is 0.0324. The van der Waals surface area contributed by atoms with Crippen molar-refractivity contribution in [1.82, 2.24) is 9.88 Å². The fraction of sp³-hybridized carbons (Fsp3) is 0.375. The lowest BCUT2D eigenvalue weighted by atomic mass is 9.96. The summed E-state index contributed by atoms with van der Waals surface area (Å²) in [6.07, 6.45) is 3.96. The first kappa shape index (κ1) is 22.0. The van der Waals surface area contributed by atoms with Crippen LogP contribution in [-0.4, -0.2) is 68.1 Å². The number of quaternary nitrogens is 1. The molecule has 1 atom stereocenters. The number of pyridine rings is 1. The first-order valence-corrected chi connectivity index (χ1v) is 10.8. The van der Waals surface area contributed by atoms with Crippen LogP contribution in [0.25, 0.3) is 5.76 Å². The van der Waals surface area contributed by atoms with Gasteiger partial charge in [0.1, 0.15) is 18.8 Å². The SMILES string of the molecule is COc1cccc(C([O-])=C2C(=O)C(=O)N(CCC[NH+]3CCOCC3)C2c2cccnc2)c1. The first-order chi connectivity index (χ1) is 15.6. The van der Waals surface area contributed by atoms with E-state index < -0.39 is 23.5 Å². The molecule has 1 aromatic heterocycles. The number of carbonyl (C=O) groups is 2. The van der Waals surface area contributed by atoms with Gasteiger partial charge in [0.25, 0.3) is 5.91 Å². The van der Waals surface area contributed by atoms with Gasteiger partial charge in [-0.05, 0) is 29.3 Å². The Bertz CT molecular complexity index is 1000. The number of morpholine rings is 1. The molecule has 0 spiro atoms. The molecule has 8 nitrogen and oxygen atoms in total. The molecule has 1 amide bonds. The minimum Gasteiger partial charge on any atom is -0.872 e. The predicted molar refractivity (Wildman–Crippen MR) is 115 cm³/mol. The van der Waals surface area contributed by atoms with E-state index in [1.807, 2.05) is 0 Å². The molecule has 0 aliphatic carbocycles. The summed E-state index contributed by atoms with van der Waals surface area (Å²) in [5, 5.41) is 13.4. The van der Waals surface area contributed by atoms with Crippen LogP contribution in [0.2, 0.25) is 0 Å². The van der Waals surface area contributed by atoms with E-state index in [1.54, 1.807) is 48.8 Å². The summed E-state index contributed by atoms with van der Waals surface area (Å²) in [7, 11) is 1.51. The minimum atomic E-state index is -0.748. The van der Waals surface area contributed by atoms with Crippen molar-refractivity contribution in [3.8, 4) is 5.75 Å². The average Bonchev–Trinajstić information content (AvgIpc) is 3.10. The van der Waals surface area contributed by atoms with E-state index in [-0.39, 0.29) is 5.57 Å². The smallest absolute Gasteiger partial charge is 0.295 e. The summed E-state index contributed by atoms with van der Waals surface area (Å²) >= 11 is 0. The second-order valence-corrected chi connectivity index (χ2v) is 7.96. The van der Waals surface area contributed by atoms with Crippen LogP contribution in [0.3, 0.4) is 0 Å². The molecule has 2 aliphatic heterocycles. The van der Waals surface area contributed by atoms with Crippen LogP contribution in [0.15, 0.2) is 54.4 Å². The summed E-state index contributed by atoms with van der Waals surface area (Å²) in [5.74, 6) is -1.33. The van der Waals surface area contributed by atoms with Crippen LogP contribution in [0.4, 0.5) is 0 Å². The normalized spacial score (nSPS) is 21.2. The number of amides is 1. The van der Waals surface area contributed by atoms with E-state index in [2.05, 4.69) is 4.98 Å². The van der Waals surface area contributed by atoms with Gasteiger partial charge in [-0.15, -0.1) is 0 Å². The number of nitrogens with zero attached hydrogens (tertiary/aromatic N) is 2. The topological polar surface area (TPSA) is 96.2 Å². The Hall–Kier alpha value is -3.23. The number of methoxy groups -OCH3 is 1. The molecule has 4 rings (SSSR count). The van der Waals surface area contributed by atoms with Crippen molar-refractivity contribution in [3.63, 3.8) is 0 Å². The number of Topliss-reactive ketones (excluding diaryl/α,β-unsaturated/α-hetero) is 1. The monoisotopic (exact) mass is 437 g/mol. The van der Waals surface area contributed by atoms with Gasteiger partial charge in [-0.1, -0.05) is 24.0 Å². The van der Waals surface area contributed by atoms with Gasteiger partial charge in [-0.3, -0.25) is 14.6 Å². The average molecular weight is 437 g/mol. The Morgan fingerprint density at radius 3 is 2.78 bits per heavy atom. The van der Waals surface area contributed by atoms with Crippen molar-refractivity contribution in [1.29, 1.82) is 0 Å². The van der Waals surface area contributed by atoms with Crippen LogP contribution in [0, 0.1) is 0 Å². The van der Waals surface area contributed by atoms with E-state index in [9.17, 15) is 14.7 Å². The van der Waals surface area contributed by atoms with Gasteiger partial charge in [0.2, 0.25) is 5.78 Å². The van der Waals surface area contributed by atoms with E-state index in [4.69, 9.17) is 9.47 Å². The summed E-state index contributed by atoms with van der Waals surface area (Å²) < 4.78 is 10.6. The van der Waals surface area contributed by atoms with Crippen molar-refractivity contribution in [2.75, 3.05) is 46.5 Å². The van der Waals surface area contributed by atoms with Crippen LogP contribution < -0.4 is 14.7 Å². The zero-order valence-corrected chi connectivity index (χ0v) is 18.1. The van der Waals surface area contributed by atoms with Crippen LogP contribution in [0.5, 0.6) is 5.75 Å². The number of hydrogen-bond acceptors (Lipinski definition) is 6. The second-order valence-electron chi connectivity index (χ2n) is 7.96. The molecule has 1 N–H and O–H groups in total. The first-order valence-electron chi connectivity index (χ1n) is 10.8.